The van der Waals surface area contributed by atoms with Crippen molar-refractivity contribution in [2.45, 2.75) is 39.0 Å². The largest absolute Gasteiger partial charge is 0.125 e. The molecule has 90 valence electrons. The van der Waals surface area contributed by atoms with Gasteiger partial charge in [0.15, 0.2) is 0 Å². The molecule has 0 aromatic rings. The minimum Gasteiger partial charge on any atom is -0.125 e. The highest BCUT2D eigenvalue weighted by Crippen LogP contribution is 2.19. The molecule has 0 bridgehead atoms. The van der Waals surface area contributed by atoms with E-state index in [4.69, 9.17) is 0 Å². The molecule has 0 fully saturated rings. The zero-order valence-electron chi connectivity index (χ0n) is 10.8. The Morgan fingerprint density at radius 2 is 2.41 bits per heavy atom. The van der Waals surface area contributed by atoms with Gasteiger partial charge in [-0.05, 0) is 51.2 Å². The van der Waals surface area contributed by atoms with E-state index in [1.54, 1.807) is 5.57 Å². The lowest BCUT2D eigenvalue weighted by Gasteiger charge is -2.08. The third kappa shape index (κ3) is 6.60. The van der Waals surface area contributed by atoms with Gasteiger partial charge in [-0.3, -0.25) is 0 Å². The SMILES string of the molecule is C=CCC=C=CC=C(C)CCC1=CC=CCC1. The average Bonchev–Trinajstić information content (AvgIpc) is 2.37. The summed E-state index contributed by atoms with van der Waals surface area (Å²) in [6.45, 7) is 5.85. The first-order valence-electron chi connectivity index (χ1n) is 6.35. The lowest BCUT2D eigenvalue weighted by atomic mass is 9.98. The molecule has 0 heterocycles. The van der Waals surface area contributed by atoms with E-state index < -0.39 is 0 Å². The van der Waals surface area contributed by atoms with Gasteiger partial charge in [-0.2, -0.15) is 0 Å². The van der Waals surface area contributed by atoms with Crippen LogP contribution >= 0.6 is 0 Å². The third-order valence-electron chi connectivity index (χ3n) is 2.81. The fourth-order valence-electron chi connectivity index (χ4n) is 1.71. The van der Waals surface area contributed by atoms with Gasteiger partial charge in [-0.25, -0.2) is 0 Å². The summed E-state index contributed by atoms with van der Waals surface area (Å²) in [4.78, 5) is 0. The molecule has 0 unspecified atom stereocenters. The summed E-state index contributed by atoms with van der Waals surface area (Å²) in [5.41, 5.74) is 6.12. The van der Waals surface area contributed by atoms with Crippen molar-refractivity contribution in [3.05, 3.63) is 66.0 Å². The van der Waals surface area contributed by atoms with Crippen LogP contribution in [0.5, 0.6) is 0 Å². The van der Waals surface area contributed by atoms with Crippen LogP contribution in [0.25, 0.3) is 0 Å². The molecular weight excluding hydrogens is 204 g/mol. The molecule has 0 aliphatic heterocycles. The molecule has 0 aromatic carbocycles. The molecular formula is C17H22. The van der Waals surface area contributed by atoms with Crippen LogP contribution in [-0.2, 0) is 0 Å². The summed E-state index contributed by atoms with van der Waals surface area (Å²) in [5.74, 6) is 0. The molecule has 0 saturated carbocycles. The highest BCUT2D eigenvalue weighted by Gasteiger charge is 1.99. The van der Waals surface area contributed by atoms with Crippen molar-refractivity contribution in [2.75, 3.05) is 0 Å². The summed E-state index contributed by atoms with van der Waals surface area (Å²) < 4.78 is 0. The van der Waals surface area contributed by atoms with Gasteiger partial charge < -0.3 is 0 Å². The molecule has 1 rings (SSSR count). The van der Waals surface area contributed by atoms with Crippen molar-refractivity contribution in [2.24, 2.45) is 0 Å². The Morgan fingerprint density at radius 1 is 1.53 bits per heavy atom. The molecule has 1 aliphatic carbocycles. The maximum atomic E-state index is 3.66. The molecule has 0 amide bonds. The molecule has 0 N–H and O–H groups in total. The van der Waals surface area contributed by atoms with Gasteiger partial charge in [0.2, 0.25) is 0 Å². The maximum absolute atomic E-state index is 3.66. The first kappa shape index (κ1) is 13.5. The Bertz CT molecular complexity index is 382. The predicted octanol–water partition coefficient (Wildman–Crippen LogP) is 5.28. The van der Waals surface area contributed by atoms with E-state index in [-0.39, 0.29) is 0 Å². The summed E-state index contributed by atoms with van der Waals surface area (Å²) >= 11 is 0. The van der Waals surface area contributed by atoms with Gasteiger partial charge in [-0.15, -0.1) is 12.3 Å². The van der Waals surface area contributed by atoms with Gasteiger partial charge in [-0.1, -0.05) is 41.5 Å². The van der Waals surface area contributed by atoms with E-state index in [1.165, 1.54) is 24.8 Å². The molecule has 0 atom stereocenters. The second kappa shape index (κ2) is 8.61. The smallest absolute Gasteiger partial charge is 0.00956 e. The van der Waals surface area contributed by atoms with Crippen molar-refractivity contribution in [1.82, 2.24) is 0 Å². The zero-order valence-corrected chi connectivity index (χ0v) is 10.8. The lowest BCUT2D eigenvalue weighted by molar-refractivity contribution is 0.833. The monoisotopic (exact) mass is 226 g/mol. The molecule has 17 heavy (non-hydrogen) atoms. The fraction of sp³-hybridized carbons (Fsp3) is 0.353. The summed E-state index contributed by atoms with van der Waals surface area (Å²) in [6, 6.07) is 0. The highest BCUT2D eigenvalue weighted by molar-refractivity contribution is 5.19. The van der Waals surface area contributed by atoms with E-state index in [1.807, 2.05) is 18.2 Å². The van der Waals surface area contributed by atoms with Crippen LogP contribution in [0.2, 0.25) is 0 Å². The molecule has 0 spiro atoms. The summed E-state index contributed by atoms with van der Waals surface area (Å²) in [5, 5.41) is 0. The lowest BCUT2D eigenvalue weighted by Crippen LogP contribution is -1.88. The van der Waals surface area contributed by atoms with Crippen molar-refractivity contribution in [3.63, 3.8) is 0 Å². The molecule has 0 radical (unpaired) electrons. The first-order chi connectivity index (χ1) is 8.33. The number of hydrogen-bond acceptors (Lipinski definition) is 0. The number of allylic oxidation sites excluding steroid dienone is 8. The zero-order chi connectivity index (χ0) is 12.3. The summed E-state index contributed by atoms with van der Waals surface area (Å²) in [6.07, 6.45) is 20.4. The molecule has 0 saturated heterocycles. The van der Waals surface area contributed by atoms with Gasteiger partial charge in [0.05, 0.1) is 0 Å². The fourth-order valence-corrected chi connectivity index (χ4v) is 1.71. The van der Waals surface area contributed by atoms with Gasteiger partial charge in [0, 0.05) is 0 Å². The predicted molar refractivity (Wildman–Crippen MR) is 76.9 cm³/mol. The highest BCUT2D eigenvalue weighted by atomic mass is 14.0. The van der Waals surface area contributed by atoms with Gasteiger partial charge in [0.1, 0.15) is 0 Å². The average molecular weight is 226 g/mol. The van der Waals surface area contributed by atoms with Crippen LogP contribution in [0.4, 0.5) is 0 Å². The Balaban J connectivity index is 2.33. The molecule has 0 heteroatoms. The minimum atomic E-state index is 0.891. The molecule has 1 aliphatic rings. The van der Waals surface area contributed by atoms with Crippen molar-refractivity contribution in [1.29, 1.82) is 0 Å². The van der Waals surface area contributed by atoms with Crippen LogP contribution in [0, 0.1) is 0 Å². The van der Waals surface area contributed by atoms with Gasteiger partial charge in [0.25, 0.3) is 0 Å². The van der Waals surface area contributed by atoms with Crippen LogP contribution in [0.3, 0.4) is 0 Å². The van der Waals surface area contributed by atoms with Crippen molar-refractivity contribution < 1.29 is 0 Å². The van der Waals surface area contributed by atoms with Crippen LogP contribution in [0.15, 0.2) is 66.0 Å². The minimum absolute atomic E-state index is 0.891. The number of hydrogen-bond donors (Lipinski definition) is 0. The van der Waals surface area contributed by atoms with Crippen LogP contribution in [0.1, 0.15) is 39.0 Å². The second-order valence-electron chi connectivity index (χ2n) is 4.37. The quantitative estimate of drug-likeness (QED) is 0.328. The Kier molecular flexibility index (Phi) is 6.86. The topological polar surface area (TPSA) is 0 Å². The van der Waals surface area contributed by atoms with Crippen molar-refractivity contribution in [3.8, 4) is 0 Å². The molecule has 0 nitrogen and oxygen atoms in total. The van der Waals surface area contributed by atoms with Crippen LogP contribution < -0.4 is 0 Å². The van der Waals surface area contributed by atoms with E-state index >= 15 is 0 Å². The van der Waals surface area contributed by atoms with E-state index in [0.717, 1.165) is 12.8 Å². The van der Waals surface area contributed by atoms with E-state index in [0.29, 0.717) is 0 Å². The third-order valence-corrected chi connectivity index (χ3v) is 2.81. The van der Waals surface area contributed by atoms with Crippen LogP contribution in [-0.4, -0.2) is 0 Å². The second-order valence-corrected chi connectivity index (χ2v) is 4.37. The Labute approximate surface area is 105 Å². The van der Waals surface area contributed by atoms with Crippen molar-refractivity contribution >= 4 is 0 Å². The van der Waals surface area contributed by atoms with E-state index in [2.05, 4.69) is 43.5 Å². The summed E-state index contributed by atoms with van der Waals surface area (Å²) in [7, 11) is 0. The standard InChI is InChI=1S/C17H22/c1-3-4-5-6-8-11-16(2)14-15-17-12-9-7-10-13-17/h3,5,7-9,11-12H,1,4,10,13-15H2,2H3. The Hall–Kier alpha value is -1.52. The molecule has 0 aromatic heterocycles. The maximum Gasteiger partial charge on any atom is -0.00956 e. The number of rotatable bonds is 6. The van der Waals surface area contributed by atoms with E-state index in [9.17, 15) is 0 Å². The normalized spacial score (nSPS) is 14.9. The van der Waals surface area contributed by atoms with Gasteiger partial charge >= 0.3 is 0 Å². The Morgan fingerprint density at radius 3 is 3.12 bits per heavy atom. The first-order valence-corrected chi connectivity index (χ1v) is 6.35.